The van der Waals surface area contributed by atoms with Crippen molar-refractivity contribution in [3.05, 3.63) is 29.3 Å². The number of carboxylic acids is 1. The number of benzene rings is 1. The maximum absolute atomic E-state index is 13.5. The number of carbonyl (C=O) groups excluding carboxylic acids is 1. The molecule has 1 amide bonds. The van der Waals surface area contributed by atoms with Gasteiger partial charge < -0.3 is 19.6 Å². The summed E-state index contributed by atoms with van der Waals surface area (Å²) in [5, 5.41) is 9.45. The molecule has 1 atom stereocenters. The van der Waals surface area contributed by atoms with Crippen LogP contribution in [0, 0.1) is 11.3 Å². The van der Waals surface area contributed by atoms with Crippen LogP contribution in [0.3, 0.4) is 0 Å². The van der Waals surface area contributed by atoms with Crippen molar-refractivity contribution < 1.29 is 58.9 Å². The summed E-state index contributed by atoms with van der Waals surface area (Å²) in [7, 11) is 0. The Kier molecular flexibility index (Phi) is 8.87. The van der Waals surface area contributed by atoms with E-state index in [9.17, 15) is 54.2 Å². The highest BCUT2D eigenvalue weighted by atomic mass is 19.4. The van der Waals surface area contributed by atoms with Gasteiger partial charge in [0.2, 0.25) is 0 Å². The number of ether oxygens (including phenoxy) is 1. The first-order chi connectivity index (χ1) is 19.4. The van der Waals surface area contributed by atoms with E-state index in [4.69, 9.17) is 0 Å². The third-order valence-electron chi connectivity index (χ3n) is 8.33. The number of likely N-dealkylation sites (tertiary alicyclic amines) is 2. The standard InChI is InChI=1S/C26H30F9N3O4/c27-24(28,29)18-4-3-16(19(12-18)38-8-1-2-17(14-38)20(39)40)13-36-9-5-23(15-36)6-10-37(11-7-23)22(41)42-21(25(30,31)32)26(33,34)35/h3-4,12,17,21H,1-2,5-11,13-15H2,(H,39,40)/t17-/m1/s1. The normalized spacial score (nSPS) is 22.2. The molecule has 3 saturated heterocycles. The molecule has 3 fully saturated rings. The van der Waals surface area contributed by atoms with Gasteiger partial charge in [0, 0.05) is 45.0 Å². The maximum Gasteiger partial charge on any atom is 0.434 e. The molecule has 0 aliphatic carbocycles. The van der Waals surface area contributed by atoms with Crippen LogP contribution in [0.2, 0.25) is 0 Å². The monoisotopic (exact) mass is 619 g/mol. The maximum atomic E-state index is 13.5. The van der Waals surface area contributed by atoms with E-state index in [1.807, 2.05) is 4.90 Å². The van der Waals surface area contributed by atoms with E-state index in [-0.39, 0.29) is 31.6 Å². The molecule has 0 saturated carbocycles. The number of hydrogen-bond donors (Lipinski definition) is 1. The topological polar surface area (TPSA) is 73.3 Å². The van der Waals surface area contributed by atoms with Gasteiger partial charge in [-0.3, -0.25) is 9.69 Å². The number of piperidine rings is 2. The van der Waals surface area contributed by atoms with E-state index in [1.165, 1.54) is 6.07 Å². The van der Waals surface area contributed by atoms with E-state index in [0.717, 1.165) is 17.0 Å². The van der Waals surface area contributed by atoms with Gasteiger partial charge in [0.15, 0.2) is 0 Å². The van der Waals surface area contributed by atoms with Gasteiger partial charge in [-0.1, -0.05) is 6.07 Å². The van der Waals surface area contributed by atoms with E-state index >= 15 is 0 Å². The van der Waals surface area contributed by atoms with Gasteiger partial charge in [-0.05, 0) is 61.8 Å². The highest BCUT2D eigenvalue weighted by molar-refractivity contribution is 5.71. The number of halogens is 9. The average Bonchev–Trinajstić information content (AvgIpc) is 3.27. The van der Waals surface area contributed by atoms with Crippen LogP contribution in [0.15, 0.2) is 18.2 Å². The molecule has 7 nitrogen and oxygen atoms in total. The Hall–Kier alpha value is -2.91. The number of nitrogens with zero attached hydrogens (tertiary/aromatic N) is 3. The molecule has 236 valence electrons. The lowest BCUT2D eigenvalue weighted by Crippen LogP contribution is -2.50. The van der Waals surface area contributed by atoms with E-state index < -0.39 is 48.2 Å². The second kappa shape index (κ2) is 11.6. The fourth-order valence-electron chi connectivity index (χ4n) is 6.04. The lowest BCUT2D eigenvalue weighted by molar-refractivity contribution is -0.308. The molecule has 3 heterocycles. The Morgan fingerprint density at radius 1 is 0.952 bits per heavy atom. The molecule has 1 aromatic rings. The van der Waals surface area contributed by atoms with Crippen molar-refractivity contribution >= 4 is 17.7 Å². The molecule has 3 aliphatic rings. The molecule has 3 aliphatic heterocycles. The van der Waals surface area contributed by atoms with Gasteiger partial charge in [0.05, 0.1) is 11.5 Å². The van der Waals surface area contributed by atoms with E-state index in [2.05, 4.69) is 4.74 Å². The van der Waals surface area contributed by atoms with Crippen molar-refractivity contribution in [3.8, 4) is 0 Å². The minimum atomic E-state index is -5.81. The van der Waals surface area contributed by atoms with Crippen molar-refractivity contribution in [1.82, 2.24) is 9.80 Å². The summed E-state index contributed by atoms with van der Waals surface area (Å²) >= 11 is 0. The van der Waals surface area contributed by atoms with Gasteiger partial charge in [0.25, 0.3) is 6.10 Å². The molecule has 1 aromatic carbocycles. The lowest BCUT2D eigenvalue weighted by Gasteiger charge is -2.39. The van der Waals surface area contributed by atoms with Crippen LogP contribution in [0.5, 0.6) is 0 Å². The molecule has 4 rings (SSSR count). The molecular weight excluding hydrogens is 589 g/mol. The minimum Gasteiger partial charge on any atom is -0.481 e. The number of carboxylic acid groups (broad SMARTS) is 1. The summed E-state index contributed by atoms with van der Waals surface area (Å²) in [5.74, 6) is -1.73. The number of carbonyl (C=O) groups is 2. The Balaban J connectivity index is 1.42. The molecule has 0 radical (unpaired) electrons. The Labute approximate surface area is 235 Å². The molecule has 0 unspecified atom stereocenters. The van der Waals surface area contributed by atoms with Crippen molar-refractivity contribution in [2.24, 2.45) is 11.3 Å². The fourth-order valence-corrected chi connectivity index (χ4v) is 6.04. The predicted octanol–water partition coefficient (Wildman–Crippen LogP) is 5.92. The van der Waals surface area contributed by atoms with Crippen molar-refractivity contribution in [1.29, 1.82) is 0 Å². The number of hydrogen-bond acceptors (Lipinski definition) is 5. The summed E-state index contributed by atoms with van der Waals surface area (Å²) in [5.41, 5.74) is -0.347. The highest BCUT2D eigenvalue weighted by Crippen LogP contribution is 2.43. The van der Waals surface area contributed by atoms with Crippen LogP contribution in [0.4, 0.5) is 50.0 Å². The third-order valence-corrected chi connectivity index (χ3v) is 8.33. The third kappa shape index (κ3) is 7.35. The predicted molar refractivity (Wildman–Crippen MR) is 130 cm³/mol. The van der Waals surface area contributed by atoms with Crippen molar-refractivity contribution in [2.45, 2.75) is 63.3 Å². The summed E-state index contributed by atoms with van der Waals surface area (Å²) < 4.78 is 121. The minimum absolute atomic E-state index is 0.0725. The highest BCUT2D eigenvalue weighted by Gasteiger charge is 2.60. The number of aliphatic carboxylic acids is 1. The fraction of sp³-hybridized carbons (Fsp3) is 0.692. The lowest BCUT2D eigenvalue weighted by atomic mass is 9.78. The van der Waals surface area contributed by atoms with Gasteiger partial charge in [-0.2, -0.15) is 39.5 Å². The first-order valence-corrected chi connectivity index (χ1v) is 13.4. The van der Waals surface area contributed by atoms with E-state index in [1.54, 1.807) is 4.90 Å². The van der Waals surface area contributed by atoms with Crippen molar-refractivity contribution in [3.63, 3.8) is 0 Å². The zero-order chi connectivity index (χ0) is 31.1. The Bertz CT molecular complexity index is 1130. The van der Waals surface area contributed by atoms with Gasteiger partial charge >= 0.3 is 30.6 Å². The zero-order valence-electron chi connectivity index (χ0n) is 22.3. The number of anilines is 1. The SMILES string of the molecule is O=C(O)[C@@H]1CCCN(c2cc(C(F)(F)F)ccc2CN2CCC3(CCN(C(=O)OC(C(F)(F)F)C(F)(F)F)CC3)C2)C1. The molecule has 16 heteroatoms. The summed E-state index contributed by atoms with van der Waals surface area (Å²) in [6.45, 7) is 1.51. The van der Waals surface area contributed by atoms with Crippen LogP contribution in [-0.4, -0.2) is 84.7 Å². The molecular formula is C26H30F9N3O4. The van der Waals surface area contributed by atoms with Gasteiger partial charge in [0.1, 0.15) is 0 Å². The molecule has 42 heavy (non-hydrogen) atoms. The summed E-state index contributed by atoms with van der Waals surface area (Å²) in [4.78, 5) is 28.2. The van der Waals surface area contributed by atoms with Crippen LogP contribution in [0.1, 0.15) is 43.2 Å². The van der Waals surface area contributed by atoms with Crippen LogP contribution >= 0.6 is 0 Å². The van der Waals surface area contributed by atoms with Crippen molar-refractivity contribution in [2.75, 3.05) is 44.2 Å². The zero-order valence-corrected chi connectivity index (χ0v) is 22.3. The first kappa shape index (κ1) is 32.0. The average molecular weight is 620 g/mol. The van der Waals surface area contributed by atoms with Crippen LogP contribution < -0.4 is 4.90 Å². The van der Waals surface area contributed by atoms with Crippen LogP contribution in [0.25, 0.3) is 0 Å². The van der Waals surface area contributed by atoms with Crippen LogP contribution in [-0.2, 0) is 22.3 Å². The second-order valence-corrected chi connectivity index (χ2v) is 11.3. The number of rotatable bonds is 5. The largest absolute Gasteiger partial charge is 0.481 e. The number of amides is 1. The molecule has 0 aromatic heterocycles. The number of alkyl halides is 9. The first-order valence-electron chi connectivity index (χ1n) is 13.4. The smallest absolute Gasteiger partial charge is 0.434 e. The second-order valence-electron chi connectivity index (χ2n) is 11.3. The quantitative estimate of drug-likeness (QED) is 0.413. The Morgan fingerprint density at radius 2 is 1.57 bits per heavy atom. The Morgan fingerprint density at radius 3 is 2.14 bits per heavy atom. The summed E-state index contributed by atoms with van der Waals surface area (Å²) in [6, 6.07) is 3.39. The molecule has 1 spiro atoms. The van der Waals surface area contributed by atoms with Gasteiger partial charge in [-0.25, -0.2) is 4.79 Å². The van der Waals surface area contributed by atoms with Gasteiger partial charge in [-0.15, -0.1) is 0 Å². The summed E-state index contributed by atoms with van der Waals surface area (Å²) in [6.07, 6.45) is -20.0. The van der Waals surface area contributed by atoms with E-state index in [0.29, 0.717) is 63.0 Å². The molecule has 0 bridgehead atoms. The molecule has 1 N–H and O–H groups in total.